The summed E-state index contributed by atoms with van der Waals surface area (Å²) in [6, 6.07) is 0. The summed E-state index contributed by atoms with van der Waals surface area (Å²) in [5.41, 5.74) is 0.400. The van der Waals surface area contributed by atoms with Crippen LogP contribution >= 0.6 is 0 Å². The number of rotatable bonds is 0. The molecule has 0 saturated carbocycles. The molecule has 1 fully saturated rings. The average Bonchev–Trinajstić information content (AvgIpc) is 1.95. The van der Waals surface area contributed by atoms with Gasteiger partial charge in [-0.1, -0.05) is 0 Å². The molecule has 0 N–H and O–H groups in total. The van der Waals surface area contributed by atoms with Gasteiger partial charge in [0.15, 0.2) is 0 Å². The molecule has 1 rings (SSSR count). The van der Waals surface area contributed by atoms with Crippen molar-refractivity contribution >= 4 is 17.7 Å². The Labute approximate surface area is 79.7 Å². The normalized spacial score (nSPS) is 39.1. The number of hydrogen-bond acceptors (Lipinski definition) is 1. The summed E-state index contributed by atoms with van der Waals surface area (Å²) in [6.45, 7) is 7.07. The fourth-order valence-electron chi connectivity index (χ4n) is 1.95. The molecule has 2 atom stereocenters. The van der Waals surface area contributed by atoms with Crippen molar-refractivity contribution in [2.45, 2.75) is 43.9 Å². The van der Waals surface area contributed by atoms with Crippen LogP contribution < -0.4 is 0 Å². The predicted octanol–water partition coefficient (Wildman–Crippen LogP) is 1.62. The first kappa shape index (κ1) is 9.64. The van der Waals surface area contributed by atoms with Crippen molar-refractivity contribution < 1.29 is 0 Å². The van der Waals surface area contributed by atoms with Crippen molar-refractivity contribution in [3.05, 3.63) is 0 Å². The average molecular weight is 147 g/mol. The summed E-state index contributed by atoms with van der Waals surface area (Å²) < 4.78 is 0.765. The molecule has 1 nitrogen and oxygen atoms in total. The fraction of sp³-hybridized carbons (Fsp3) is 1.00. The van der Waals surface area contributed by atoms with Crippen LogP contribution in [0.5, 0.6) is 0 Å². The van der Waals surface area contributed by atoms with Gasteiger partial charge in [0, 0.05) is 0 Å². The SMILES string of the molecule is [Li][CH]1CCC(C)C(C)(C)N1C. The summed E-state index contributed by atoms with van der Waals surface area (Å²) >= 11 is 2.33. The minimum absolute atomic E-state index is 0.400. The number of likely N-dealkylation sites (tertiary alicyclic amines) is 1. The zero-order valence-corrected chi connectivity index (χ0v) is 8.52. The molecular weight excluding hydrogens is 129 g/mol. The number of piperidine rings is 1. The molecule has 0 spiro atoms. The number of hydrogen-bond donors (Lipinski definition) is 0. The molecule has 1 saturated heterocycles. The van der Waals surface area contributed by atoms with Crippen LogP contribution in [0, 0.1) is 5.92 Å². The molecule has 0 aliphatic carbocycles. The van der Waals surface area contributed by atoms with Gasteiger partial charge in [-0.15, -0.1) is 0 Å². The molecule has 0 aromatic carbocycles. The van der Waals surface area contributed by atoms with Crippen molar-refractivity contribution in [2.24, 2.45) is 5.92 Å². The minimum atomic E-state index is 0.400. The van der Waals surface area contributed by atoms with E-state index in [1.165, 1.54) is 12.8 Å². The zero-order chi connectivity index (χ0) is 8.65. The van der Waals surface area contributed by atoms with E-state index in [9.17, 15) is 0 Å². The second-order valence-corrected chi connectivity index (χ2v) is 4.59. The quantitative estimate of drug-likeness (QED) is 0.471. The van der Waals surface area contributed by atoms with E-state index < -0.39 is 0 Å². The third kappa shape index (κ3) is 1.66. The van der Waals surface area contributed by atoms with Crippen molar-refractivity contribution in [1.82, 2.24) is 4.90 Å². The van der Waals surface area contributed by atoms with Crippen LogP contribution in [-0.2, 0) is 0 Å². The van der Waals surface area contributed by atoms with Crippen LogP contribution in [0.3, 0.4) is 0 Å². The Bertz CT molecular complexity index is 144. The Kier molecular flexibility index (Phi) is 2.74. The van der Waals surface area contributed by atoms with Gasteiger partial charge < -0.3 is 0 Å². The molecule has 2 heteroatoms. The molecule has 1 aliphatic rings. The summed E-state index contributed by atoms with van der Waals surface area (Å²) in [4.78, 5) is 2.52. The van der Waals surface area contributed by atoms with Gasteiger partial charge in [0.25, 0.3) is 0 Å². The molecule has 0 radical (unpaired) electrons. The van der Waals surface area contributed by atoms with E-state index in [1.807, 2.05) is 0 Å². The molecule has 1 aliphatic heterocycles. The van der Waals surface area contributed by atoms with E-state index in [2.05, 4.69) is 50.4 Å². The van der Waals surface area contributed by atoms with Crippen molar-refractivity contribution in [2.75, 3.05) is 7.05 Å². The van der Waals surface area contributed by atoms with Gasteiger partial charge in [-0.2, -0.15) is 0 Å². The second-order valence-electron chi connectivity index (χ2n) is 4.59. The van der Waals surface area contributed by atoms with E-state index in [-0.39, 0.29) is 0 Å². The Morgan fingerprint density at radius 1 is 1.36 bits per heavy atom. The van der Waals surface area contributed by atoms with Crippen molar-refractivity contribution in [1.29, 1.82) is 0 Å². The van der Waals surface area contributed by atoms with E-state index >= 15 is 0 Å². The van der Waals surface area contributed by atoms with Gasteiger partial charge in [-0.05, 0) is 0 Å². The number of nitrogens with zero attached hydrogens (tertiary/aromatic N) is 1. The van der Waals surface area contributed by atoms with Gasteiger partial charge in [-0.25, -0.2) is 0 Å². The molecule has 1 heterocycles. The van der Waals surface area contributed by atoms with Gasteiger partial charge in [0.2, 0.25) is 0 Å². The van der Waals surface area contributed by atoms with E-state index in [4.69, 9.17) is 0 Å². The fourth-order valence-corrected chi connectivity index (χ4v) is 1.95. The Hall–Kier alpha value is 0.557. The predicted molar refractivity (Wildman–Crippen MR) is 49.8 cm³/mol. The van der Waals surface area contributed by atoms with Gasteiger partial charge in [0.1, 0.15) is 0 Å². The van der Waals surface area contributed by atoms with Crippen LogP contribution in [0.25, 0.3) is 0 Å². The van der Waals surface area contributed by atoms with Crippen LogP contribution in [-0.4, -0.2) is 39.9 Å². The molecule has 0 aromatic heterocycles. The standard InChI is InChI=1S/C9H18N.Li/c1-8-6-5-7-10(4)9(8,2)3;/h7-8H,5-6H2,1-4H3;. The van der Waals surface area contributed by atoms with Crippen LogP contribution in [0.1, 0.15) is 33.6 Å². The summed E-state index contributed by atoms with van der Waals surface area (Å²) in [6.07, 6.45) is 2.75. The molecule has 11 heavy (non-hydrogen) atoms. The molecular formula is C9H18LiN. The van der Waals surface area contributed by atoms with Crippen LogP contribution in [0.15, 0.2) is 0 Å². The van der Waals surface area contributed by atoms with Gasteiger partial charge in [-0.3, -0.25) is 0 Å². The van der Waals surface area contributed by atoms with Crippen LogP contribution in [0.4, 0.5) is 0 Å². The van der Waals surface area contributed by atoms with Gasteiger partial charge in [0.05, 0.1) is 0 Å². The Morgan fingerprint density at radius 3 is 2.36 bits per heavy atom. The summed E-state index contributed by atoms with van der Waals surface area (Å²) in [5.74, 6) is 0.837. The maximum absolute atomic E-state index is 2.52. The topological polar surface area (TPSA) is 3.24 Å². The van der Waals surface area contributed by atoms with Crippen molar-refractivity contribution in [3.8, 4) is 0 Å². The first-order chi connectivity index (χ1) is 4.96. The zero-order valence-electron chi connectivity index (χ0n) is 8.52. The van der Waals surface area contributed by atoms with Crippen molar-refractivity contribution in [3.63, 3.8) is 0 Å². The Morgan fingerprint density at radius 2 is 1.91 bits per heavy atom. The molecule has 0 aromatic rings. The molecule has 60 valence electrons. The maximum atomic E-state index is 2.52. The summed E-state index contributed by atoms with van der Waals surface area (Å²) in [5, 5.41) is 0. The van der Waals surface area contributed by atoms with E-state index in [1.54, 1.807) is 0 Å². The van der Waals surface area contributed by atoms with Gasteiger partial charge >= 0.3 is 79.4 Å². The molecule has 2 unspecified atom stereocenters. The third-order valence-corrected chi connectivity index (χ3v) is 3.79. The molecule has 0 amide bonds. The summed E-state index contributed by atoms with van der Waals surface area (Å²) in [7, 11) is 2.25. The van der Waals surface area contributed by atoms with Crippen LogP contribution in [0.2, 0.25) is 0 Å². The first-order valence-corrected chi connectivity index (χ1v) is 4.69. The third-order valence-electron chi connectivity index (χ3n) is 3.79. The van der Waals surface area contributed by atoms with E-state index in [0.29, 0.717) is 5.54 Å². The second kappa shape index (κ2) is 3.13. The monoisotopic (exact) mass is 147 g/mol. The van der Waals surface area contributed by atoms with E-state index in [0.717, 1.165) is 10.6 Å². The Balaban J connectivity index is 2.72. The molecule has 0 bridgehead atoms. The first-order valence-electron chi connectivity index (χ1n) is 4.69.